The highest BCUT2D eigenvalue weighted by atomic mass is 35.5. The van der Waals surface area contributed by atoms with Crippen LogP contribution in [0.15, 0.2) is 48.7 Å². The van der Waals surface area contributed by atoms with Crippen LogP contribution < -0.4 is 5.32 Å². The number of carboxylic acid groups (broad SMARTS) is 1. The van der Waals surface area contributed by atoms with Crippen LogP contribution in [0.2, 0.25) is 5.02 Å². The predicted octanol–water partition coefficient (Wildman–Crippen LogP) is 3.42. The molecule has 3 N–H and O–H groups in total. The molecule has 0 saturated carbocycles. The minimum absolute atomic E-state index is 0.187. The van der Waals surface area contributed by atoms with Crippen molar-refractivity contribution in [2.24, 2.45) is 5.92 Å². The molecule has 1 aliphatic heterocycles. The van der Waals surface area contributed by atoms with E-state index in [0.29, 0.717) is 35.7 Å². The van der Waals surface area contributed by atoms with Gasteiger partial charge < -0.3 is 15.2 Å². The molecule has 3 atom stereocenters. The Hall–Kier alpha value is -3.34. The van der Waals surface area contributed by atoms with Crippen molar-refractivity contribution in [2.45, 2.75) is 31.3 Å². The highest BCUT2D eigenvalue weighted by Crippen LogP contribution is 2.27. The number of H-pyrrole nitrogens is 1. The number of ether oxygens (including phenoxy) is 1. The molecule has 196 valence electrons. The average molecular weight is 530 g/mol. The zero-order chi connectivity index (χ0) is 26.4. The second kappa shape index (κ2) is 12.3. The van der Waals surface area contributed by atoms with Gasteiger partial charge >= 0.3 is 5.97 Å². The molecule has 3 aromatic rings. The van der Waals surface area contributed by atoms with Crippen LogP contribution in [0.4, 0.5) is 4.39 Å². The molecule has 0 spiro atoms. The molecule has 1 saturated heterocycles. The van der Waals surface area contributed by atoms with Crippen LogP contribution in [-0.2, 0) is 16.0 Å². The number of nitrogens with zero attached hydrogens (tertiary/aromatic N) is 3. The van der Waals surface area contributed by atoms with Gasteiger partial charge in [0.15, 0.2) is 0 Å². The molecule has 1 aliphatic rings. The first-order valence-electron chi connectivity index (χ1n) is 12.0. The van der Waals surface area contributed by atoms with Crippen molar-refractivity contribution >= 4 is 23.5 Å². The van der Waals surface area contributed by atoms with Gasteiger partial charge in [0.25, 0.3) is 5.91 Å². The van der Waals surface area contributed by atoms with Gasteiger partial charge in [-0.25, -0.2) is 4.39 Å². The van der Waals surface area contributed by atoms with Gasteiger partial charge in [0.2, 0.25) is 0 Å². The second-order valence-electron chi connectivity index (χ2n) is 9.23. The molecular weight excluding hydrogens is 501 g/mol. The van der Waals surface area contributed by atoms with Gasteiger partial charge in [-0.2, -0.15) is 0 Å². The molecule has 0 bridgehead atoms. The van der Waals surface area contributed by atoms with Crippen molar-refractivity contribution in [3.05, 3.63) is 70.8 Å². The topological polar surface area (TPSA) is 120 Å². The molecule has 9 nitrogen and oxygen atoms in total. The summed E-state index contributed by atoms with van der Waals surface area (Å²) in [6.45, 7) is 1.74. The van der Waals surface area contributed by atoms with E-state index in [1.807, 2.05) is 12.1 Å². The lowest BCUT2D eigenvalue weighted by Gasteiger charge is -2.42. The van der Waals surface area contributed by atoms with Crippen molar-refractivity contribution in [3.63, 3.8) is 0 Å². The average Bonchev–Trinajstić information content (AvgIpc) is 3.41. The lowest BCUT2D eigenvalue weighted by Crippen LogP contribution is -2.53. The summed E-state index contributed by atoms with van der Waals surface area (Å²) >= 11 is 6.03. The van der Waals surface area contributed by atoms with Crippen LogP contribution in [-0.4, -0.2) is 76.2 Å². The minimum Gasteiger partial charge on any atom is -0.481 e. The Morgan fingerprint density at radius 2 is 2.08 bits per heavy atom. The number of hydrogen-bond donors (Lipinski definition) is 3. The second-order valence-corrected chi connectivity index (χ2v) is 9.67. The molecule has 0 radical (unpaired) electrons. The van der Waals surface area contributed by atoms with E-state index >= 15 is 0 Å². The Kier molecular flexibility index (Phi) is 8.86. The van der Waals surface area contributed by atoms with Gasteiger partial charge in [0.05, 0.1) is 18.7 Å². The quantitative estimate of drug-likeness (QED) is 0.329. The summed E-state index contributed by atoms with van der Waals surface area (Å²) in [5.41, 5.74) is 2.11. The number of nitrogens with one attached hydrogen (secondary N) is 2. The number of aliphatic carboxylic acids is 1. The maximum atomic E-state index is 14.3. The highest BCUT2D eigenvalue weighted by Gasteiger charge is 2.33. The number of carboxylic acids is 1. The number of methoxy groups -OCH3 is 1. The number of aromatic amines is 1. The van der Waals surface area contributed by atoms with Crippen molar-refractivity contribution < 1.29 is 23.8 Å². The summed E-state index contributed by atoms with van der Waals surface area (Å²) in [5.74, 6) is -2.41. The molecule has 1 aromatic heterocycles. The van der Waals surface area contributed by atoms with Crippen molar-refractivity contribution in [1.29, 1.82) is 0 Å². The van der Waals surface area contributed by atoms with Crippen LogP contribution in [0.1, 0.15) is 28.9 Å². The molecule has 2 heterocycles. The number of carbonyl (C=O) groups excluding carboxylic acids is 1. The monoisotopic (exact) mass is 529 g/mol. The molecule has 1 unspecified atom stereocenters. The fourth-order valence-electron chi connectivity index (χ4n) is 4.58. The zero-order valence-corrected chi connectivity index (χ0v) is 21.1. The number of likely N-dealkylation sites (tertiary alicyclic amines) is 1. The van der Waals surface area contributed by atoms with Crippen molar-refractivity contribution in [3.8, 4) is 11.1 Å². The Labute approximate surface area is 219 Å². The van der Waals surface area contributed by atoms with Gasteiger partial charge in [-0.15, -0.1) is 5.10 Å². The Bertz CT molecular complexity index is 1210. The van der Waals surface area contributed by atoms with Crippen LogP contribution in [0.5, 0.6) is 0 Å². The first-order valence-corrected chi connectivity index (χ1v) is 12.4. The maximum Gasteiger partial charge on any atom is 0.307 e. The molecular formula is C26H29ClFN5O4. The number of aromatic nitrogens is 3. The zero-order valence-electron chi connectivity index (χ0n) is 20.4. The third-order valence-corrected chi connectivity index (χ3v) is 6.90. The van der Waals surface area contributed by atoms with Gasteiger partial charge in [0.1, 0.15) is 11.5 Å². The van der Waals surface area contributed by atoms with Gasteiger partial charge in [0, 0.05) is 42.9 Å². The summed E-state index contributed by atoms with van der Waals surface area (Å²) in [4.78, 5) is 27.0. The van der Waals surface area contributed by atoms with E-state index in [2.05, 4.69) is 25.6 Å². The fourth-order valence-corrected chi connectivity index (χ4v) is 4.76. The number of halogens is 2. The number of carbonyl (C=O) groups is 2. The standard InChI is InChI=1S/C26H29ClFN5O4/c1-37-15-21-8-9-33(21)14-18(26(35)36)11-20(30-25(34)24-13-29-32-31-24)10-16-2-4-17(5-3-16)22-12-19(27)6-7-23(22)28/h2-7,12-13,18,20-21H,8-11,14-15H2,1H3,(H,30,34)(H,35,36)(H,29,31,32)/t18-,20+,21?/m0/s1. The largest absolute Gasteiger partial charge is 0.481 e. The van der Waals surface area contributed by atoms with Crippen LogP contribution >= 0.6 is 11.6 Å². The van der Waals surface area contributed by atoms with E-state index in [-0.39, 0.29) is 24.0 Å². The van der Waals surface area contributed by atoms with E-state index < -0.39 is 23.8 Å². The minimum atomic E-state index is -0.919. The Morgan fingerprint density at radius 1 is 1.30 bits per heavy atom. The summed E-state index contributed by atoms with van der Waals surface area (Å²) in [7, 11) is 1.63. The molecule has 2 aromatic carbocycles. The Morgan fingerprint density at radius 3 is 2.70 bits per heavy atom. The van der Waals surface area contributed by atoms with Crippen LogP contribution in [0.25, 0.3) is 11.1 Å². The summed E-state index contributed by atoms with van der Waals surface area (Å²) in [5, 5.41) is 23.1. The number of amides is 1. The molecule has 1 amide bonds. The lowest BCUT2D eigenvalue weighted by atomic mass is 9.91. The molecule has 1 fully saturated rings. The highest BCUT2D eigenvalue weighted by molar-refractivity contribution is 6.30. The van der Waals surface area contributed by atoms with E-state index in [9.17, 15) is 19.1 Å². The van der Waals surface area contributed by atoms with E-state index in [1.54, 1.807) is 25.3 Å². The normalized spacial score (nSPS) is 17.1. The van der Waals surface area contributed by atoms with E-state index in [4.69, 9.17) is 16.3 Å². The van der Waals surface area contributed by atoms with Gasteiger partial charge in [-0.05, 0) is 48.6 Å². The molecule has 11 heteroatoms. The number of benzene rings is 2. The van der Waals surface area contributed by atoms with Gasteiger partial charge in [-0.3, -0.25) is 19.6 Å². The first kappa shape index (κ1) is 26.7. The van der Waals surface area contributed by atoms with Crippen LogP contribution in [0.3, 0.4) is 0 Å². The number of rotatable bonds is 12. The van der Waals surface area contributed by atoms with Crippen LogP contribution in [0, 0.1) is 11.7 Å². The lowest BCUT2D eigenvalue weighted by molar-refractivity contribution is -0.144. The first-order chi connectivity index (χ1) is 17.8. The Balaban J connectivity index is 1.50. The SMILES string of the molecule is COCC1CCN1C[C@H](C[C@@H](Cc1ccc(-c2cc(Cl)ccc2F)cc1)NC(=O)c1cnn[nH]1)C(=O)O. The molecule has 0 aliphatic carbocycles. The van der Waals surface area contributed by atoms with Crippen molar-refractivity contribution in [2.75, 3.05) is 26.8 Å². The maximum absolute atomic E-state index is 14.3. The third kappa shape index (κ3) is 6.91. The third-order valence-electron chi connectivity index (χ3n) is 6.67. The smallest absolute Gasteiger partial charge is 0.307 e. The molecule has 4 rings (SSSR count). The fraction of sp³-hybridized carbons (Fsp3) is 0.385. The molecule has 37 heavy (non-hydrogen) atoms. The summed E-state index contributed by atoms with van der Waals surface area (Å²) < 4.78 is 19.5. The summed E-state index contributed by atoms with van der Waals surface area (Å²) in [6, 6.07) is 11.4. The van der Waals surface area contributed by atoms with E-state index in [0.717, 1.165) is 18.5 Å². The summed E-state index contributed by atoms with van der Waals surface area (Å²) in [6.07, 6.45) is 2.89. The van der Waals surface area contributed by atoms with E-state index in [1.165, 1.54) is 18.3 Å². The predicted molar refractivity (Wildman–Crippen MR) is 136 cm³/mol. The van der Waals surface area contributed by atoms with Crippen molar-refractivity contribution in [1.82, 2.24) is 25.6 Å². The van der Waals surface area contributed by atoms with Gasteiger partial charge in [-0.1, -0.05) is 41.1 Å². The number of hydrogen-bond acceptors (Lipinski definition) is 6.